The molecule has 1 N–H and O–H groups in total. The molecule has 1 aliphatic rings. The Morgan fingerprint density at radius 2 is 1.68 bits per heavy atom. The summed E-state index contributed by atoms with van der Waals surface area (Å²) in [5.74, 6) is 0.470. The average molecular weight is 433 g/mol. The van der Waals surface area contributed by atoms with E-state index in [0.717, 1.165) is 11.3 Å². The number of hydrogen-bond donors (Lipinski definition) is 1. The Hall–Kier alpha value is -3.58. The van der Waals surface area contributed by atoms with Crippen LogP contribution < -0.4 is 10.2 Å². The Morgan fingerprint density at radius 1 is 0.903 bits per heavy atom. The highest BCUT2D eigenvalue weighted by atomic mass is 32.1. The molecule has 0 radical (unpaired) electrons. The Morgan fingerprint density at radius 3 is 2.42 bits per heavy atom. The number of nitrogens with zero attached hydrogens (tertiary/aromatic N) is 2. The molecule has 3 heterocycles. The van der Waals surface area contributed by atoms with E-state index in [1.54, 1.807) is 41.4 Å². The number of para-hydroxylation sites is 1. The highest BCUT2D eigenvalue weighted by molar-refractivity contribution is 7.80. The molecular weight excluding hydrogens is 416 g/mol. The summed E-state index contributed by atoms with van der Waals surface area (Å²) in [6.07, 6.45) is 1.70. The molecule has 5 rings (SSSR count). The summed E-state index contributed by atoms with van der Waals surface area (Å²) in [7, 11) is 0. The van der Waals surface area contributed by atoms with Gasteiger partial charge in [0.1, 0.15) is 29.2 Å². The van der Waals surface area contributed by atoms with Gasteiger partial charge in [0.15, 0.2) is 5.11 Å². The van der Waals surface area contributed by atoms with Gasteiger partial charge in [-0.05, 0) is 72.9 Å². The van der Waals surface area contributed by atoms with Crippen LogP contribution in [-0.2, 0) is 0 Å². The molecule has 1 saturated heterocycles. The fraction of sp³-hybridized carbons (Fsp3) is 0.0833. The van der Waals surface area contributed by atoms with Gasteiger partial charge < -0.3 is 14.6 Å². The molecule has 2 aromatic heterocycles. The lowest BCUT2D eigenvalue weighted by Gasteiger charge is -2.26. The SMILES string of the molecule is Fc1ccc(-c2ccc(C3C(c4ccccn4)NC(=S)N3c3ccccc3F)o2)cc1. The third-order valence-electron chi connectivity index (χ3n) is 5.26. The minimum atomic E-state index is -0.464. The minimum absolute atomic E-state index is 0.318. The van der Waals surface area contributed by atoms with Crippen LogP contribution in [0.15, 0.2) is 89.5 Å². The second-order valence-electron chi connectivity index (χ2n) is 7.16. The van der Waals surface area contributed by atoms with Gasteiger partial charge in [0.05, 0.1) is 17.4 Å². The summed E-state index contributed by atoms with van der Waals surface area (Å²) in [5, 5.41) is 3.65. The number of furan rings is 1. The van der Waals surface area contributed by atoms with Gasteiger partial charge in [-0.1, -0.05) is 18.2 Å². The Balaban J connectivity index is 1.61. The van der Waals surface area contributed by atoms with E-state index in [9.17, 15) is 8.78 Å². The van der Waals surface area contributed by atoms with E-state index in [4.69, 9.17) is 16.6 Å². The fourth-order valence-corrected chi connectivity index (χ4v) is 4.17. The van der Waals surface area contributed by atoms with E-state index in [0.29, 0.717) is 22.3 Å². The molecule has 2 unspecified atom stereocenters. The number of thiocarbonyl (C=S) groups is 1. The number of hydrogen-bond acceptors (Lipinski definition) is 3. The van der Waals surface area contributed by atoms with Crippen LogP contribution in [0, 0.1) is 11.6 Å². The van der Waals surface area contributed by atoms with Crippen LogP contribution in [0.5, 0.6) is 0 Å². The van der Waals surface area contributed by atoms with Crippen LogP contribution in [-0.4, -0.2) is 10.1 Å². The molecule has 4 nitrogen and oxygen atoms in total. The van der Waals surface area contributed by atoms with Crippen LogP contribution in [0.1, 0.15) is 23.5 Å². The van der Waals surface area contributed by atoms with E-state index in [2.05, 4.69) is 10.3 Å². The molecule has 0 amide bonds. The van der Waals surface area contributed by atoms with Crippen LogP contribution in [0.25, 0.3) is 11.3 Å². The molecule has 1 aliphatic heterocycles. The quantitative estimate of drug-likeness (QED) is 0.412. The highest BCUT2D eigenvalue weighted by Gasteiger charge is 2.43. The first kappa shape index (κ1) is 19.4. The number of benzene rings is 2. The van der Waals surface area contributed by atoms with Crippen LogP contribution in [0.2, 0.25) is 0 Å². The van der Waals surface area contributed by atoms with Crippen LogP contribution in [0.4, 0.5) is 14.5 Å². The third kappa shape index (κ3) is 3.57. The minimum Gasteiger partial charge on any atom is -0.459 e. The zero-order valence-electron chi connectivity index (χ0n) is 16.2. The lowest BCUT2D eigenvalue weighted by molar-refractivity contribution is 0.437. The van der Waals surface area contributed by atoms with Gasteiger partial charge in [-0.15, -0.1) is 0 Å². The predicted molar refractivity (Wildman–Crippen MR) is 118 cm³/mol. The van der Waals surface area contributed by atoms with Crippen molar-refractivity contribution in [2.45, 2.75) is 12.1 Å². The van der Waals surface area contributed by atoms with Crippen molar-refractivity contribution >= 4 is 23.0 Å². The summed E-state index contributed by atoms with van der Waals surface area (Å²) in [6.45, 7) is 0. The first-order valence-corrected chi connectivity index (χ1v) is 10.1. The van der Waals surface area contributed by atoms with E-state index in [-0.39, 0.29) is 17.7 Å². The van der Waals surface area contributed by atoms with E-state index < -0.39 is 6.04 Å². The first-order chi connectivity index (χ1) is 15.1. The van der Waals surface area contributed by atoms with Gasteiger partial charge in [0.25, 0.3) is 0 Å². The molecule has 2 atom stereocenters. The topological polar surface area (TPSA) is 41.3 Å². The zero-order chi connectivity index (χ0) is 21.4. The Bertz CT molecular complexity index is 1230. The normalized spacial score (nSPS) is 18.3. The summed E-state index contributed by atoms with van der Waals surface area (Å²) < 4.78 is 34.2. The molecule has 0 spiro atoms. The molecule has 0 bridgehead atoms. The van der Waals surface area contributed by atoms with E-state index in [1.807, 2.05) is 30.3 Å². The van der Waals surface area contributed by atoms with Crippen molar-refractivity contribution in [1.29, 1.82) is 0 Å². The number of anilines is 1. The van der Waals surface area contributed by atoms with Crippen LogP contribution in [0.3, 0.4) is 0 Å². The van der Waals surface area contributed by atoms with Gasteiger partial charge in [-0.25, -0.2) is 8.78 Å². The number of pyridine rings is 1. The fourth-order valence-electron chi connectivity index (χ4n) is 3.83. The van der Waals surface area contributed by atoms with Gasteiger partial charge in [-0.3, -0.25) is 4.98 Å². The average Bonchev–Trinajstić information content (AvgIpc) is 3.40. The highest BCUT2D eigenvalue weighted by Crippen LogP contribution is 2.43. The first-order valence-electron chi connectivity index (χ1n) is 9.72. The maximum atomic E-state index is 14.7. The number of nitrogens with one attached hydrogen (secondary N) is 1. The molecule has 1 fully saturated rings. The molecule has 0 saturated carbocycles. The zero-order valence-corrected chi connectivity index (χ0v) is 17.0. The summed E-state index contributed by atoms with van der Waals surface area (Å²) in [5.41, 5.74) is 1.85. The second-order valence-corrected chi connectivity index (χ2v) is 7.54. The van der Waals surface area contributed by atoms with Crippen molar-refractivity contribution < 1.29 is 13.2 Å². The van der Waals surface area contributed by atoms with Crippen molar-refractivity contribution in [3.05, 3.63) is 108 Å². The van der Waals surface area contributed by atoms with Crippen molar-refractivity contribution in [3.63, 3.8) is 0 Å². The van der Waals surface area contributed by atoms with Crippen molar-refractivity contribution in [2.24, 2.45) is 0 Å². The lowest BCUT2D eigenvalue weighted by atomic mass is 10.0. The van der Waals surface area contributed by atoms with Crippen molar-refractivity contribution in [3.8, 4) is 11.3 Å². The largest absolute Gasteiger partial charge is 0.459 e. The molecule has 2 aromatic carbocycles. The van der Waals surface area contributed by atoms with Gasteiger partial charge >= 0.3 is 0 Å². The summed E-state index contributed by atoms with van der Waals surface area (Å²) in [4.78, 5) is 6.19. The number of aromatic nitrogens is 1. The smallest absolute Gasteiger partial charge is 0.174 e. The van der Waals surface area contributed by atoms with Gasteiger partial charge in [-0.2, -0.15) is 0 Å². The number of halogens is 2. The van der Waals surface area contributed by atoms with E-state index in [1.165, 1.54) is 18.2 Å². The van der Waals surface area contributed by atoms with Crippen molar-refractivity contribution in [2.75, 3.05) is 4.90 Å². The Labute approximate surface area is 183 Å². The van der Waals surface area contributed by atoms with E-state index >= 15 is 0 Å². The Kier molecular flexibility index (Phi) is 4.95. The summed E-state index contributed by atoms with van der Waals surface area (Å²) in [6, 6.07) is 21.0. The lowest BCUT2D eigenvalue weighted by Crippen LogP contribution is -2.30. The standard InChI is InChI=1S/C24H17F2N3OS/c25-16-10-8-15(9-11-16)20-12-13-21(30-20)23-22(18-6-3-4-14-27-18)28-24(31)29(23)19-7-2-1-5-17(19)26/h1-14,22-23H,(H,28,31). The number of rotatable bonds is 4. The maximum absolute atomic E-state index is 14.7. The molecule has 31 heavy (non-hydrogen) atoms. The second kappa shape index (κ2) is 7.92. The summed E-state index contributed by atoms with van der Waals surface area (Å²) >= 11 is 5.59. The van der Waals surface area contributed by atoms with Gasteiger partial charge in [0, 0.05) is 11.8 Å². The molecular formula is C24H17F2N3OS. The molecule has 4 aromatic rings. The monoisotopic (exact) mass is 433 g/mol. The van der Waals surface area contributed by atoms with Gasteiger partial charge in [0.2, 0.25) is 0 Å². The third-order valence-corrected chi connectivity index (χ3v) is 5.57. The maximum Gasteiger partial charge on any atom is 0.174 e. The molecule has 7 heteroatoms. The molecule has 0 aliphatic carbocycles. The van der Waals surface area contributed by atoms with Crippen molar-refractivity contribution in [1.82, 2.24) is 10.3 Å². The molecule has 154 valence electrons. The predicted octanol–water partition coefficient (Wildman–Crippen LogP) is 5.80. The van der Waals surface area contributed by atoms with Crippen LogP contribution >= 0.6 is 12.2 Å².